The number of methoxy groups -OCH3 is 1. The van der Waals surface area contributed by atoms with Gasteiger partial charge in [0.15, 0.2) is 0 Å². The van der Waals surface area contributed by atoms with Gasteiger partial charge in [0.25, 0.3) is 5.91 Å². The molecule has 1 atom stereocenters. The van der Waals surface area contributed by atoms with E-state index in [0.717, 1.165) is 13.0 Å². The molecule has 0 aliphatic carbocycles. The van der Waals surface area contributed by atoms with Gasteiger partial charge in [0.05, 0.1) is 12.7 Å². The van der Waals surface area contributed by atoms with Crippen molar-refractivity contribution < 1.29 is 28.2 Å². The second kappa shape index (κ2) is 9.84. The molecule has 0 saturated heterocycles. The summed E-state index contributed by atoms with van der Waals surface area (Å²) in [6.07, 6.45) is 0. The maximum Gasteiger partial charge on any atom is 0.323 e. The summed E-state index contributed by atoms with van der Waals surface area (Å²) in [6.45, 7) is 2.71. The maximum absolute atomic E-state index is 14.8. The lowest BCUT2D eigenvalue weighted by Crippen LogP contribution is -2.49. The number of hydrogen-bond acceptors (Lipinski definition) is 6. The third-order valence-corrected chi connectivity index (χ3v) is 4.18. The summed E-state index contributed by atoms with van der Waals surface area (Å²) in [5.41, 5.74) is 6.39. The van der Waals surface area contributed by atoms with Crippen molar-refractivity contribution in [1.82, 2.24) is 5.32 Å². The number of esters is 1. The first-order chi connectivity index (χ1) is 14.2. The Morgan fingerprint density at radius 2 is 1.87 bits per heavy atom. The lowest BCUT2D eigenvalue weighted by Gasteiger charge is -2.31. The first kappa shape index (κ1) is 22.8. The summed E-state index contributed by atoms with van der Waals surface area (Å²) < 4.78 is 30.5. The molecule has 0 aliphatic heterocycles. The van der Waals surface area contributed by atoms with Crippen molar-refractivity contribution in [3.63, 3.8) is 0 Å². The van der Waals surface area contributed by atoms with E-state index in [1.165, 1.54) is 19.2 Å². The van der Waals surface area contributed by atoms with Crippen molar-refractivity contribution in [2.75, 3.05) is 13.7 Å². The van der Waals surface area contributed by atoms with Gasteiger partial charge < -0.3 is 25.3 Å². The van der Waals surface area contributed by atoms with Crippen molar-refractivity contribution >= 4 is 17.7 Å². The summed E-state index contributed by atoms with van der Waals surface area (Å²) in [5, 5.41) is 10.0. The summed E-state index contributed by atoms with van der Waals surface area (Å²) in [5.74, 6) is -4.65. The molecule has 0 radical (unpaired) electrons. The molecule has 30 heavy (non-hydrogen) atoms. The quantitative estimate of drug-likeness (QED) is 0.249. The van der Waals surface area contributed by atoms with Crippen molar-refractivity contribution in [2.45, 2.75) is 26.2 Å². The molecule has 8 nitrogen and oxygen atoms in total. The summed E-state index contributed by atoms with van der Waals surface area (Å²) in [6, 6.07) is 10.4. The third kappa shape index (κ3) is 5.12. The standard InChI is InChI=1S/C21H24FN3O5/c1-4-29-21(30-13(2)26,17-10-9-16(28-3)11-18(17)22)20(27)25-12-14-5-7-15(8-6-14)19(23)24/h5-11H,4,12H2,1-3H3,(H3,23,24)(H,25,27)/t21-/m1/s1. The molecule has 2 aromatic carbocycles. The topological polar surface area (TPSA) is 124 Å². The van der Waals surface area contributed by atoms with Crippen LogP contribution < -0.4 is 15.8 Å². The lowest BCUT2D eigenvalue weighted by atomic mass is 10.0. The van der Waals surface area contributed by atoms with Gasteiger partial charge in [-0.25, -0.2) is 4.39 Å². The van der Waals surface area contributed by atoms with Crippen LogP contribution in [0.15, 0.2) is 42.5 Å². The zero-order valence-electron chi connectivity index (χ0n) is 17.0. The molecule has 0 unspecified atom stereocenters. The highest BCUT2D eigenvalue weighted by Crippen LogP contribution is 2.32. The van der Waals surface area contributed by atoms with E-state index in [1.54, 1.807) is 31.2 Å². The second-order valence-corrected chi connectivity index (χ2v) is 6.28. The molecule has 0 fully saturated rings. The molecular formula is C21H24FN3O5. The van der Waals surface area contributed by atoms with Crippen molar-refractivity contribution in [2.24, 2.45) is 5.73 Å². The zero-order chi connectivity index (χ0) is 22.3. The molecule has 0 spiro atoms. The van der Waals surface area contributed by atoms with Crippen LogP contribution in [0.4, 0.5) is 4.39 Å². The molecule has 160 valence electrons. The fourth-order valence-corrected chi connectivity index (χ4v) is 2.79. The first-order valence-corrected chi connectivity index (χ1v) is 9.12. The zero-order valence-corrected chi connectivity index (χ0v) is 17.0. The predicted octanol–water partition coefficient (Wildman–Crippen LogP) is 2.19. The highest BCUT2D eigenvalue weighted by atomic mass is 19.1. The lowest BCUT2D eigenvalue weighted by molar-refractivity contribution is -0.232. The second-order valence-electron chi connectivity index (χ2n) is 6.28. The van der Waals surface area contributed by atoms with Gasteiger partial charge >= 0.3 is 11.8 Å². The number of amidine groups is 1. The van der Waals surface area contributed by atoms with Crippen LogP contribution in [0.3, 0.4) is 0 Å². The van der Waals surface area contributed by atoms with E-state index in [2.05, 4.69) is 5.32 Å². The Morgan fingerprint density at radius 3 is 2.37 bits per heavy atom. The highest BCUT2D eigenvalue weighted by Gasteiger charge is 2.47. The predicted molar refractivity (Wildman–Crippen MR) is 107 cm³/mol. The number of nitrogens with one attached hydrogen (secondary N) is 2. The fraction of sp³-hybridized carbons (Fsp3) is 0.286. The summed E-state index contributed by atoms with van der Waals surface area (Å²) >= 11 is 0. The number of rotatable bonds is 9. The van der Waals surface area contributed by atoms with E-state index in [0.29, 0.717) is 11.1 Å². The molecule has 2 rings (SSSR count). The smallest absolute Gasteiger partial charge is 0.323 e. The highest BCUT2D eigenvalue weighted by molar-refractivity contribution is 5.94. The molecule has 0 saturated carbocycles. The van der Waals surface area contributed by atoms with Gasteiger partial charge in [-0.1, -0.05) is 24.3 Å². The van der Waals surface area contributed by atoms with Gasteiger partial charge in [-0.05, 0) is 24.6 Å². The molecule has 2 aromatic rings. The van der Waals surface area contributed by atoms with E-state index < -0.39 is 23.5 Å². The van der Waals surface area contributed by atoms with Crippen LogP contribution >= 0.6 is 0 Å². The minimum atomic E-state index is -2.31. The van der Waals surface area contributed by atoms with Crippen molar-refractivity contribution in [3.05, 3.63) is 65.0 Å². The van der Waals surface area contributed by atoms with Crippen LogP contribution in [0.5, 0.6) is 5.75 Å². The van der Waals surface area contributed by atoms with Crippen LogP contribution in [0.2, 0.25) is 0 Å². The number of nitrogens with two attached hydrogens (primary N) is 1. The Hall–Kier alpha value is -3.46. The summed E-state index contributed by atoms with van der Waals surface area (Å²) in [4.78, 5) is 24.8. The van der Waals surface area contributed by atoms with Crippen LogP contribution in [0.1, 0.15) is 30.5 Å². The van der Waals surface area contributed by atoms with Crippen molar-refractivity contribution in [1.29, 1.82) is 5.41 Å². The van der Waals surface area contributed by atoms with Gasteiger partial charge in [-0.2, -0.15) is 0 Å². The van der Waals surface area contributed by atoms with Gasteiger partial charge in [-0.3, -0.25) is 15.0 Å². The Labute approximate surface area is 173 Å². The molecule has 0 aliphatic rings. The minimum absolute atomic E-state index is 0.0283. The van der Waals surface area contributed by atoms with Gasteiger partial charge in [0.2, 0.25) is 0 Å². The van der Waals surface area contributed by atoms with E-state index >= 15 is 0 Å². The fourth-order valence-electron chi connectivity index (χ4n) is 2.79. The molecule has 0 aromatic heterocycles. The Bertz CT molecular complexity index is 933. The average Bonchev–Trinajstić information content (AvgIpc) is 2.71. The molecule has 0 bridgehead atoms. The monoisotopic (exact) mass is 417 g/mol. The Morgan fingerprint density at radius 1 is 1.20 bits per heavy atom. The maximum atomic E-state index is 14.8. The molecule has 0 heterocycles. The number of carbonyl (C=O) groups is 2. The molecule has 4 N–H and O–H groups in total. The molecule has 9 heteroatoms. The van der Waals surface area contributed by atoms with E-state index in [1.807, 2.05) is 0 Å². The average molecular weight is 417 g/mol. The number of nitrogen functional groups attached to an aromatic ring is 1. The van der Waals surface area contributed by atoms with Crippen LogP contribution in [0, 0.1) is 11.2 Å². The number of halogens is 1. The van der Waals surface area contributed by atoms with E-state index in [4.69, 9.17) is 25.4 Å². The van der Waals surface area contributed by atoms with E-state index in [-0.39, 0.29) is 30.3 Å². The van der Waals surface area contributed by atoms with Gasteiger partial charge in [-0.15, -0.1) is 0 Å². The van der Waals surface area contributed by atoms with Crippen LogP contribution in [-0.4, -0.2) is 31.4 Å². The molecular weight excluding hydrogens is 393 g/mol. The first-order valence-electron chi connectivity index (χ1n) is 9.12. The van der Waals surface area contributed by atoms with Crippen molar-refractivity contribution in [3.8, 4) is 5.75 Å². The number of ether oxygens (including phenoxy) is 3. The third-order valence-electron chi connectivity index (χ3n) is 4.18. The normalized spacial score (nSPS) is 12.5. The largest absolute Gasteiger partial charge is 0.497 e. The Kier molecular flexibility index (Phi) is 7.48. The minimum Gasteiger partial charge on any atom is -0.497 e. The van der Waals surface area contributed by atoms with Gasteiger partial charge in [0.1, 0.15) is 17.4 Å². The number of carbonyl (C=O) groups excluding carboxylic acids is 2. The van der Waals surface area contributed by atoms with Crippen LogP contribution in [-0.2, 0) is 31.4 Å². The number of amides is 1. The van der Waals surface area contributed by atoms with Gasteiger partial charge in [0, 0.05) is 31.7 Å². The number of benzene rings is 2. The number of hydrogen-bond donors (Lipinski definition) is 3. The van der Waals surface area contributed by atoms with Crippen LogP contribution in [0.25, 0.3) is 0 Å². The molecule has 1 amide bonds. The van der Waals surface area contributed by atoms with E-state index in [9.17, 15) is 14.0 Å². The summed E-state index contributed by atoms with van der Waals surface area (Å²) in [7, 11) is 1.38. The Balaban J connectivity index is 2.36. The SMILES string of the molecule is CCO[C@](OC(C)=O)(C(=O)NCc1ccc(C(=N)N)cc1)c1ccc(OC)cc1F.